The Hall–Kier alpha value is -2.20. The van der Waals surface area contributed by atoms with Crippen LogP contribution in [-0.4, -0.2) is 72.1 Å². The molecule has 10 heteroatoms. The minimum atomic E-state index is -0.546. The Labute approximate surface area is 132 Å². The van der Waals surface area contributed by atoms with Crippen LogP contribution in [0.2, 0.25) is 0 Å². The van der Waals surface area contributed by atoms with Gasteiger partial charge in [0.05, 0.1) is 32.6 Å². The summed E-state index contributed by atoms with van der Waals surface area (Å²) < 4.78 is 17.7. The molecule has 23 heavy (non-hydrogen) atoms. The maximum Gasteiger partial charge on any atom is 0.360 e. The average molecular weight is 325 g/mol. The molecule has 0 radical (unpaired) electrons. The first kappa shape index (κ1) is 15.7. The topological polar surface area (TPSA) is 117 Å². The number of hydrogen-bond donors (Lipinski definition) is 2. The van der Waals surface area contributed by atoms with Gasteiger partial charge in [-0.25, -0.2) is 14.3 Å². The van der Waals surface area contributed by atoms with Crippen molar-refractivity contribution in [2.24, 2.45) is 0 Å². The molecular weight excluding hydrogens is 306 g/mol. The molecule has 2 saturated heterocycles. The Morgan fingerprint density at radius 1 is 1.39 bits per heavy atom. The summed E-state index contributed by atoms with van der Waals surface area (Å²) in [6.45, 7) is 3.12. The van der Waals surface area contributed by atoms with Crippen molar-refractivity contribution >= 4 is 12.0 Å². The van der Waals surface area contributed by atoms with Crippen LogP contribution in [0.15, 0.2) is 6.20 Å². The van der Waals surface area contributed by atoms with Crippen molar-refractivity contribution in [3.05, 3.63) is 11.9 Å². The molecular formula is C13H19N5O5. The third kappa shape index (κ3) is 2.99. The van der Waals surface area contributed by atoms with Crippen LogP contribution in [0.3, 0.4) is 0 Å². The molecule has 0 saturated carbocycles. The van der Waals surface area contributed by atoms with E-state index in [1.54, 1.807) is 4.68 Å². The molecule has 4 atom stereocenters. The van der Waals surface area contributed by atoms with E-state index in [1.165, 1.54) is 13.3 Å². The fourth-order valence-corrected chi connectivity index (χ4v) is 2.85. The Balaban J connectivity index is 1.66. The zero-order chi connectivity index (χ0) is 16.4. The van der Waals surface area contributed by atoms with Gasteiger partial charge in [0.25, 0.3) is 0 Å². The zero-order valence-electron chi connectivity index (χ0n) is 12.9. The van der Waals surface area contributed by atoms with E-state index in [4.69, 9.17) is 9.47 Å². The second-order valence-electron chi connectivity index (χ2n) is 5.35. The number of aromatic nitrogens is 3. The molecule has 2 aliphatic heterocycles. The van der Waals surface area contributed by atoms with E-state index in [9.17, 15) is 9.59 Å². The van der Waals surface area contributed by atoms with Crippen molar-refractivity contribution < 1.29 is 23.8 Å². The van der Waals surface area contributed by atoms with Gasteiger partial charge in [0, 0.05) is 6.54 Å². The fourth-order valence-electron chi connectivity index (χ4n) is 2.85. The van der Waals surface area contributed by atoms with E-state index in [0.29, 0.717) is 19.8 Å². The number of urea groups is 1. The van der Waals surface area contributed by atoms with Crippen molar-refractivity contribution in [1.82, 2.24) is 25.6 Å². The summed E-state index contributed by atoms with van der Waals surface area (Å²) in [5.41, 5.74) is 0.131. The van der Waals surface area contributed by atoms with Gasteiger partial charge in [0.1, 0.15) is 18.2 Å². The largest absolute Gasteiger partial charge is 0.464 e. The highest BCUT2D eigenvalue weighted by molar-refractivity contribution is 5.86. The van der Waals surface area contributed by atoms with Gasteiger partial charge in [0.15, 0.2) is 5.69 Å². The van der Waals surface area contributed by atoms with Gasteiger partial charge in [-0.15, -0.1) is 5.10 Å². The third-order valence-electron chi connectivity index (χ3n) is 3.93. The van der Waals surface area contributed by atoms with Gasteiger partial charge < -0.3 is 24.8 Å². The van der Waals surface area contributed by atoms with Crippen molar-refractivity contribution in [3.63, 3.8) is 0 Å². The summed E-state index contributed by atoms with van der Waals surface area (Å²) in [6, 6.07) is -0.672. The van der Waals surface area contributed by atoms with Crippen molar-refractivity contribution in [2.75, 3.05) is 26.9 Å². The number of esters is 1. The Kier molecular flexibility index (Phi) is 4.44. The molecule has 1 aromatic rings. The first-order chi connectivity index (χ1) is 11.1. The van der Waals surface area contributed by atoms with Crippen LogP contribution in [0.4, 0.5) is 4.79 Å². The first-order valence-corrected chi connectivity index (χ1v) is 7.41. The van der Waals surface area contributed by atoms with E-state index in [-0.39, 0.29) is 36.0 Å². The molecule has 0 bridgehead atoms. The van der Waals surface area contributed by atoms with E-state index >= 15 is 0 Å². The Bertz CT molecular complexity index is 591. The predicted octanol–water partition coefficient (Wildman–Crippen LogP) is -0.909. The van der Waals surface area contributed by atoms with E-state index in [1.807, 2.05) is 6.92 Å². The lowest BCUT2D eigenvalue weighted by molar-refractivity contribution is 0.0592. The SMILES string of the molecule is CCNC(=O)NC1COC2C1OCC2n1cc(C(=O)OC)nn1. The van der Waals surface area contributed by atoms with Gasteiger partial charge in [-0.2, -0.15) is 0 Å². The van der Waals surface area contributed by atoms with Crippen LogP contribution in [0, 0.1) is 0 Å². The molecule has 3 rings (SSSR count). The van der Waals surface area contributed by atoms with E-state index in [0.717, 1.165) is 0 Å². The molecule has 0 aliphatic carbocycles. The summed E-state index contributed by atoms with van der Waals surface area (Å²) in [6.07, 6.45) is 0.998. The molecule has 2 fully saturated rings. The number of amides is 2. The second-order valence-corrected chi connectivity index (χ2v) is 5.35. The van der Waals surface area contributed by atoms with Crippen LogP contribution in [0.5, 0.6) is 0 Å². The minimum Gasteiger partial charge on any atom is -0.464 e. The quantitative estimate of drug-likeness (QED) is 0.688. The summed E-state index contributed by atoms with van der Waals surface area (Å²) in [5.74, 6) is -0.546. The molecule has 10 nitrogen and oxygen atoms in total. The van der Waals surface area contributed by atoms with Gasteiger partial charge in [-0.3, -0.25) is 0 Å². The summed E-state index contributed by atoms with van der Waals surface area (Å²) in [4.78, 5) is 23.1. The van der Waals surface area contributed by atoms with Crippen molar-refractivity contribution in [3.8, 4) is 0 Å². The predicted molar refractivity (Wildman–Crippen MR) is 75.9 cm³/mol. The number of nitrogens with one attached hydrogen (secondary N) is 2. The van der Waals surface area contributed by atoms with Gasteiger partial charge in [0.2, 0.25) is 0 Å². The Morgan fingerprint density at radius 3 is 2.91 bits per heavy atom. The highest BCUT2D eigenvalue weighted by Gasteiger charge is 2.49. The molecule has 0 spiro atoms. The zero-order valence-corrected chi connectivity index (χ0v) is 12.9. The smallest absolute Gasteiger partial charge is 0.360 e. The molecule has 2 N–H and O–H groups in total. The van der Waals surface area contributed by atoms with Gasteiger partial charge in [-0.05, 0) is 6.92 Å². The standard InChI is InChI=1S/C13H19N5O5/c1-3-14-13(20)15-8-5-22-11-9(6-23-10(8)11)18-4-7(16-17-18)12(19)21-2/h4,8-11H,3,5-6H2,1-2H3,(H2,14,15,20). The average Bonchev–Trinajstić information content (AvgIpc) is 3.23. The van der Waals surface area contributed by atoms with Crippen molar-refractivity contribution in [1.29, 1.82) is 0 Å². The maximum absolute atomic E-state index is 11.6. The van der Waals surface area contributed by atoms with E-state index < -0.39 is 5.97 Å². The first-order valence-electron chi connectivity index (χ1n) is 7.41. The number of carbonyl (C=O) groups excluding carboxylic acids is 2. The van der Waals surface area contributed by atoms with Crippen LogP contribution in [0.1, 0.15) is 23.5 Å². The van der Waals surface area contributed by atoms with E-state index in [2.05, 4.69) is 25.7 Å². The lowest BCUT2D eigenvalue weighted by Crippen LogP contribution is -2.48. The van der Waals surface area contributed by atoms with Crippen LogP contribution >= 0.6 is 0 Å². The van der Waals surface area contributed by atoms with Crippen LogP contribution in [-0.2, 0) is 14.2 Å². The number of hydrogen-bond acceptors (Lipinski definition) is 7. The highest BCUT2D eigenvalue weighted by atomic mass is 16.6. The monoisotopic (exact) mass is 325 g/mol. The number of rotatable bonds is 4. The minimum absolute atomic E-state index is 0.131. The second kappa shape index (κ2) is 6.50. The summed E-state index contributed by atoms with van der Waals surface area (Å²) in [5, 5.41) is 13.2. The molecule has 3 heterocycles. The fraction of sp³-hybridized carbons (Fsp3) is 0.692. The lowest BCUT2D eigenvalue weighted by atomic mass is 10.1. The number of fused-ring (bicyclic) bond motifs is 1. The van der Waals surface area contributed by atoms with Crippen molar-refractivity contribution in [2.45, 2.75) is 31.2 Å². The molecule has 1 aromatic heterocycles. The normalized spacial score (nSPS) is 29.1. The highest BCUT2D eigenvalue weighted by Crippen LogP contribution is 2.33. The number of ether oxygens (including phenoxy) is 3. The number of carbonyl (C=O) groups is 2. The maximum atomic E-state index is 11.6. The molecule has 4 unspecified atom stereocenters. The summed E-state index contributed by atoms with van der Waals surface area (Å²) >= 11 is 0. The summed E-state index contributed by atoms with van der Waals surface area (Å²) in [7, 11) is 1.29. The number of nitrogens with zero attached hydrogens (tertiary/aromatic N) is 3. The third-order valence-corrected chi connectivity index (χ3v) is 3.93. The Morgan fingerprint density at radius 2 is 2.17 bits per heavy atom. The molecule has 0 aromatic carbocycles. The van der Waals surface area contributed by atoms with Crippen LogP contribution < -0.4 is 10.6 Å². The molecule has 2 aliphatic rings. The van der Waals surface area contributed by atoms with Gasteiger partial charge >= 0.3 is 12.0 Å². The lowest BCUT2D eigenvalue weighted by Gasteiger charge is -2.17. The number of methoxy groups -OCH3 is 1. The van der Waals surface area contributed by atoms with Gasteiger partial charge in [-0.1, -0.05) is 5.21 Å². The molecule has 126 valence electrons. The molecule has 2 amide bonds. The van der Waals surface area contributed by atoms with Crippen LogP contribution in [0.25, 0.3) is 0 Å².